The summed E-state index contributed by atoms with van der Waals surface area (Å²) in [6, 6.07) is 2.85. The van der Waals surface area contributed by atoms with Gasteiger partial charge in [-0.2, -0.15) is 0 Å². The molecule has 118 valence electrons. The summed E-state index contributed by atoms with van der Waals surface area (Å²) in [7, 11) is 0. The van der Waals surface area contributed by atoms with Gasteiger partial charge in [0.2, 0.25) is 5.91 Å². The summed E-state index contributed by atoms with van der Waals surface area (Å²) < 4.78 is 14.7. The number of hydrogen-bond acceptors (Lipinski definition) is 3. The number of fused-ring (bicyclic) bond motifs is 1. The van der Waals surface area contributed by atoms with Crippen LogP contribution >= 0.6 is 0 Å². The van der Waals surface area contributed by atoms with Crippen molar-refractivity contribution in [3.8, 4) is 0 Å². The molecular formula is C15H18FN3O3. The minimum Gasteiger partial charge on any atom is -0.481 e. The second-order valence-corrected chi connectivity index (χ2v) is 5.05. The molecule has 2 aromatic heterocycles. The molecule has 0 aromatic carbocycles. The molecule has 1 amide bonds. The minimum absolute atomic E-state index is 0.0723. The first kappa shape index (κ1) is 15.9. The molecular weight excluding hydrogens is 289 g/mol. The Balaban J connectivity index is 2.08. The van der Waals surface area contributed by atoms with Crippen LogP contribution in [0.3, 0.4) is 0 Å². The second-order valence-electron chi connectivity index (χ2n) is 5.05. The van der Waals surface area contributed by atoms with Crippen LogP contribution in [0.2, 0.25) is 0 Å². The van der Waals surface area contributed by atoms with Gasteiger partial charge in [0.1, 0.15) is 11.5 Å². The number of aromatic nitrogens is 2. The normalized spacial score (nSPS) is 10.8. The highest BCUT2D eigenvalue weighted by molar-refractivity contribution is 5.79. The average molecular weight is 307 g/mol. The van der Waals surface area contributed by atoms with Crippen LogP contribution in [0.25, 0.3) is 5.65 Å². The van der Waals surface area contributed by atoms with Gasteiger partial charge < -0.3 is 14.4 Å². The number of carbonyl (C=O) groups excluding carboxylic acids is 1. The van der Waals surface area contributed by atoms with Gasteiger partial charge in [-0.15, -0.1) is 0 Å². The quantitative estimate of drug-likeness (QED) is 0.845. The summed E-state index contributed by atoms with van der Waals surface area (Å²) in [4.78, 5) is 28.7. The van der Waals surface area contributed by atoms with Crippen molar-refractivity contribution in [1.82, 2.24) is 14.3 Å². The van der Waals surface area contributed by atoms with Crippen LogP contribution in [-0.4, -0.2) is 44.4 Å². The predicted molar refractivity (Wildman–Crippen MR) is 78.0 cm³/mol. The number of carboxylic acids is 1. The Labute approximate surface area is 127 Å². The van der Waals surface area contributed by atoms with Crippen molar-refractivity contribution >= 4 is 17.5 Å². The second kappa shape index (κ2) is 7.02. The van der Waals surface area contributed by atoms with E-state index in [0.717, 1.165) is 6.42 Å². The third-order valence-electron chi connectivity index (χ3n) is 3.24. The molecule has 0 saturated carbocycles. The van der Waals surface area contributed by atoms with Crippen molar-refractivity contribution < 1.29 is 19.1 Å². The zero-order valence-electron chi connectivity index (χ0n) is 12.3. The summed E-state index contributed by atoms with van der Waals surface area (Å²) in [5, 5.41) is 8.73. The SMILES string of the molecule is CCCN(CCC(=O)O)C(=O)Cc1cn2cc(F)ccc2n1. The first-order valence-corrected chi connectivity index (χ1v) is 7.12. The fourth-order valence-corrected chi connectivity index (χ4v) is 2.23. The van der Waals surface area contributed by atoms with Crippen molar-refractivity contribution in [2.45, 2.75) is 26.2 Å². The minimum atomic E-state index is -0.933. The molecule has 7 heteroatoms. The van der Waals surface area contributed by atoms with E-state index < -0.39 is 5.97 Å². The Morgan fingerprint density at radius 3 is 2.77 bits per heavy atom. The molecule has 0 atom stereocenters. The first-order valence-electron chi connectivity index (χ1n) is 7.12. The lowest BCUT2D eigenvalue weighted by Crippen LogP contribution is -2.34. The zero-order valence-corrected chi connectivity index (χ0v) is 12.3. The van der Waals surface area contributed by atoms with Gasteiger partial charge in [0.25, 0.3) is 0 Å². The van der Waals surface area contributed by atoms with Crippen molar-refractivity contribution in [2.24, 2.45) is 0 Å². The summed E-state index contributed by atoms with van der Waals surface area (Å²) in [6.45, 7) is 2.62. The smallest absolute Gasteiger partial charge is 0.305 e. The number of carbonyl (C=O) groups is 2. The molecule has 0 radical (unpaired) electrons. The maximum Gasteiger partial charge on any atom is 0.305 e. The molecule has 0 unspecified atom stereocenters. The van der Waals surface area contributed by atoms with Crippen LogP contribution in [0.1, 0.15) is 25.5 Å². The molecule has 2 heterocycles. The number of halogens is 1. The van der Waals surface area contributed by atoms with Gasteiger partial charge >= 0.3 is 5.97 Å². The third kappa shape index (κ3) is 4.03. The van der Waals surface area contributed by atoms with Gasteiger partial charge in [-0.3, -0.25) is 9.59 Å². The number of imidazole rings is 1. The van der Waals surface area contributed by atoms with Gasteiger partial charge in [0.05, 0.1) is 18.5 Å². The Hall–Kier alpha value is -2.44. The first-order chi connectivity index (χ1) is 10.5. The predicted octanol–water partition coefficient (Wildman–Crippen LogP) is 1.73. The Bertz CT molecular complexity index is 684. The van der Waals surface area contributed by atoms with Gasteiger partial charge in [0.15, 0.2) is 0 Å². The summed E-state index contributed by atoms with van der Waals surface area (Å²) in [5.41, 5.74) is 1.10. The fraction of sp³-hybridized carbons (Fsp3) is 0.400. The van der Waals surface area contributed by atoms with E-state index in [1.54, 1.807) is 6.20 Å². The van der Waals surface area contributed by atoms with E-state index in [9.17, 15) is 14.0 Å². The van der Waals surface area contributed by atoms with Crippen LogP contribution in [0.4, 0.5) is 4.39 Å². The molecule has 2 aromatic rings. The van der Waals surface area contributed by atoms with Gasteiger partial charge in [0, 0.05) is 25.5 Å². The maximum atomic E-state index is 13.1. The van der Waals surface area contributed by atoms with E-state index in [4.69, 9.17) is 5.11 Å². The van der Waals surface area contributed by atoms with Crippen LogP contribution in [0.5, 0.6) is 0 Å². The van der Waals surface area contributed by atoms with Gasteiger partial charge in [-0.05, 0) is 18.6 Å². The molecule has 0 spiro atoms. The standard InChI is InChI=1S/C15H18FN3O3/c1-2-6-18(7-5-15(21)22)14(20)8-12-10-19-9-11(16)3-4-13(19)17-12/h3-4,9-10H,2,5-8H2,1H3,(H,21,22). The number of carboxylic acid groups (broad SMARTS) is 1. The fourth-order valence-electron chi connectivity index (χ4n) is 2.23. The number of rotatable bonds is 7. The molecule has 2 rings (SSSR count). The van der Waals surface area contributed by atoms with Crippen molar-refractivity contribution in [1.29, 1.82) is 0 Å². The van der Waals surface area contributed by atoms with Crippen molar-refractivity contribution in [3.05, 3.63) is 36.0 Å². The molecule has 6 nitrogen and oxygen atoms in total. The Morgan fingerprint density at radius 1 is 1.32 bits per heavy atom. The van der Waals surface area contributed by atoms with E-state index >= 15 is 0 Å². The topological polar surface area (TPSA) is 74.9 Å². The number of amides is 1. The summed E-state index contributed by atoms with van der Waals surface area (Å²) in [5.74, 6) is -1.49. The highest BCUT2D eigenvalue weighted by atomic mass is 19.1. The lowest BCUT2D eigenvalue weighted by molar-refractivity contribution is -0.138. The van der Waals surface area contributed by atoms with E-state index in [1.165, 1.54) is 27.6 Å². The lowest BCUT2D eigenvalue weighted by atomic mass is 10.2. The molecule has 22 heavy (non-hydrogen) atoms. The van der Waals surface area contributed by atoms with Gasteiger partial charge in [-0.25, -0.2) is 9.37 Å². The van der Waals surface area contributed by atoms with Crippen LogP contribution in [-0.2, 0) is 16.0 Å². The summed E-state index contributed by atoms with van der Waals surface area (Å²) >= 11 is 0. The van der Waals surface area contributed by atoms with Crippen molar-refractivity contribution in [2.75, 3.05) is 13.1 Å². The molecule has 0 aliphatic rings. The summed E-state index contributed by atoms with van der Waals surface area (Å²) in [6.07, 6.45) is 3.65. The number of nitrogens with zero attached hydrogens (tertiary/aromatic N) is 3. The van der Waals surface area contributed by atoms with Crippen LogP contribution in [0, 0.1) is 5.82 Å². The average Bonchev–Trinajstić information content (AvgIpc) is 2.84. The molecule has 0 aliphatic carbocycles. The molecule has 1 N–H and O–H groups in total. The monoisotopic (exact) mass is 307 g/mol. The zero-order chi connectivity index (χ0) is 16.1. The van der Waals surface area contributed by atoms with Crippen molar-refractivity contribution in [3.63, 3.8) is 0 Å². The maximum absolute atomic E-state index is 13.1. The van der Waals surface area contributed by atoms with E-state index in [-0.39, 0.29) is 31.1 Å². The Kier molecular flexibility index (Phi) is 5.08. The van der Waals surface area contributed by atoms with E-state index in [1.807, 2.05) is 6.92 Å². The Morgan fingerprint density at radius 2 is 2.09 bits per heavy atom. The van der Waals surface area contributed by atoms with Crippen LogP contribution < -0.4 is 0 Å². The molecule has 0 aliphatic heterocycles. The number of hydrogen-bond donors (Lipinski definition) is 1. The lowest BCUT2D eigenvalue weighted by Gasteiger charge is -2.20. The largest absolute Gasteiger partial charge is 0.481 e. The van der Waals surface area contributed by atoms with Gasteiger partial charge in [-0.1, -0.05) is 6.92 Å². The highest BCUT2D eigenvalue weighted by Gasteiger charge is 2.16. The van der Waals surface area contributed by atoms with Crippen LogP contribution in [0.15, 0.2) is 24.5 Å². The molecule has 0 fully saturated rings. The van der Waals surface area contributed by atoms with E-state index in [2.05, 4.69) is 4.98 Å². The molecule has 0 bridgehead atoms. The van der Waals surface area contributed by atoms with E-state index in [0.29, 0.717) is 17.9 Å². The number of aliphatic carboxylic acids is 1. The highest BCUT2D eigenvalue weighted by Crippen LogP contribution is 2.09. The number of pyridine rings is 1. The third-order valence-corrected chi connectivity index (χ3v) is 3.24. The molecule has 0 saturated heterocycles.